The molecule has 2 N–H and O–H groups in total. The third-order valence-corrected chi connectivity index (χ3v) is 5.29. The minimum absolute atomic E-state index is 0.113. The Bertz CT molecular complexity index is 490. The van der Waals surface area contributed by atoms with E-state index in [9.17, 15) is 0 Å². The lowest BCUT2D eigenvalue weighted by Gasteiger charge is -2.50. The third kappa shape index (κ3) is 4.29. The fourth-order valence-corrected chi connectivity index (χ4v) is 5.73. The molecule has 1 aromatic heterocycles. The number of hydrogen-bond acceptors (Lipinski definition) is 3. The van der Waals surface area contributed by atoms with Gasteiger partial charge in [0, 0.05) is 22.8 Å². The van der Waals surface area contributed by atoms with E-state index in [0.717, 1.165) is 19.3 Å². The van der Waals surface area contributed by atoms with Gasteiger partial charge in [0.25, 0.3) is 0 Å². The number of nitrogens with zero attached hydrogens (tertiary/aromatic N) is 1. The lowest BCUT2D eigenvalue weighted by Crippen LogP contribution is -2.53. The van der Waals surface area contributed by atoms with Crippen molar-refractivity contribution in [3.63, 3.8) is 0 Å². The molecule has 0 aliphatic heterocycles. The molecule has 0 unspecified atom stereocenters. The first kappa shape index (κ1) is 17.0. The molecule has 1 saturated carbocycles. The van der Waals surface area contributed by atoms with E-state index in [0.29, 0.717) is 10.8 Å². The highest BCUT2D eigenvalue weighted by Crippen LogP contribution is 2.50. The summed E-state index contributed by atoms with van der Waals surface area (Å²) in [6.45, 7) is 16.1. The van der Waals surface area contributed by atoms with E-state index in [4.69, 9.17) is 10.7 Å². The van der Waals surface area contributed by atoms with Crippen molar-refractivity contribution < 1.29 is 0 Å². The molecule has 0 saturated heterocycles. The van der Waals surface area contributed by atoms with Crippen LogP contribution in [0.25, 0.3) is 0 Å². The molecule has 0 radical (unpaired) electrons. The van der Waals surface area contributed by atoms with Crippen LogP contribution in [0, 0.1) is 10.8 Å². The standard InChI is InChI=1S/C18H32N2S/c1-15(2,3)13-9-21-14(20-13)8-18(19)11-16(4,5)10-17(6,7)12-18/h9H,8,10-12,19H2,1-7H3. The summed E-state index contributed by atoms with van der Waals surface area (Å²) in [5.41, 5.74) is 8.68. The molecule has 1 aliphatic rings. The second-order valence-corrected chi connectivity index (χ2v) is 10.7. The van der Waals surface area contributed by atoms with E-state index in [-0.39, 0.29) is 11.0 Å². The summed E-state index contributed by atoms with van der Waals surface area (Å²) in [7, 11) is 0. The van der Waals surface area contributed by atoms with Crippen LogP contribution >= 0.6 is 11.3 Å². The number of hydrogen-bond donors (Lipinski definition) is 1. The van der Waals surface area contributed by atoms with Crippen molar-refractivity contribution >= 4 is 11.3 Å². The summed E-state index contributed by atoms with van der Waals surface area (Å²) < 4.78 is 0. The van der Waals surface area contributed by atoms with E-state index in [1.165, 1.54) is 17.1 Å². The quantitative estimate of drug-likeness (QED) is 0.842. The second kappa shape index (κ2) is 5.06. The number of rotatable bonds is 2. The van der Waals surface area contributed by atoms with Crippen LogP contribution < -0.4 is 5.73 Å². The maximum absolute atomic E-state index is 6.83. The van der Waals surface area contributed by atoms with Crippen LogP contribution in [0.15, 0.2) is 5.38 Å². The van der Waals surface area contributed by atoms with Crippen LogP contribution in [0.5, 0.6) is 0 Å². The largest absolute Gasteiger partial charge is 0.325 e. The summed E-state index contributed by atoms with van der Waals surface area (Å²) in [5.74, 6) is 0. The molecule has 2 rings (SSSR count). The topological polar surface area (TPSA) is 38.9 Å². The molecular weight excluding hydrogens is 276 g/mol. The fraction of sp³-hybridized carbons (Fsp3) is 0.833. The van der Waals surface area contributed by atoms with Gasteiger partial charge in [-0.25, -0.2) is 4.98 Å². The third-order valence-electron chi connectivity index (χ3n) is 4.44. The maximum Gasteiger partial charge on any atom is 0.0946 e. The monoisotopic (exact) mass is 308 g/mol. The minimum Gasteiger partial charge on any atom is -0.325 e. The van der Waals surface area contributed by atoms with Crippen molar-refractivity contribution in [3.8, 4) is 0 Å². The molecule has 2 nitrogen and oxygen atoms in total. The average molecular weight is 309 g/mol. The van der Waals surface area contributed by atoms with Gasteiger partial charge in [-0.15, -0.1) is 11.3 Å². The molecule has 3 heteroatoms. The second-order valence-electron chi connectivity index (χ2n) is 9.77. The van der Waals surface area contributed by atoms with Crippen molar-refractivity contribution in [2.24, 2.45) is 16.6 Å². The van der Waals surface area contributed by atoms with Gasteiger partial charge in [-0.1, -0.05) is 48.5 Å². The van der Waals surface area contributed by atoms with Crippen molar-refractivity contribution in [1.82, 2.24) is 4.98 Å². The molecular formula is C18H32N2S. The Morgan fingerprint density at radius 1 is 1.10 bits per heavy atom. The Morgan fingerprint density at radius 3 is 2.05 bits per heavy atom. The molecule has 0 spiro atoms. The summed E-state index contributed by atoms with van der Waals surface area (Å²) >= 11 is 1.78. The van der Waals surface area contributed by atoms with Crippen LogP contribution in [0.3, 0.4) is 0 Å². The lowest BCUT2D eigenvalue weighted by atomic mass is 9.58. The Labute approximate surface area is 134 Å². The van der Waals surface area contributed by atoms with Gasteiger partial charge in [-0.3, -0.25) is 0 Å². The molecule has 1 heterocycles. The highest BCUT2D eigenvalue weighted by atomic mass is 32.1. The van der Waals surface area contributed by atoms with Crippen LogP contribution in [0.2, 0.25) is 0 Å². The molecule has 21 heavy (non-hydrogen) atoms. The Kier molecular flexibility index (Phi) is 4.08. The first-order chi connectivity index (χ1) is 9.30. The maximum atomic E-state index is 6.83. The van der Waals surface area contributed by atoms with E-state index in [1.807, 2.05) is 0 Å². The van der Waals surface area contributed by atoms with Crippen molar-refractivity contribution in [3.05, 3.63) is 16.1 Å². The summed E-state index contributed by atoms with van der Waals surface area (Å²) in [6, 6.07) is 0. The van der Waals surface area contributed by atoms with Gasteiger partial charge in [0.05, 0.1) is 10.7 Å². The average Bonchev–Trinajstić information content (AvgIpc) is 2.57. The number of nitrogens with two attached hydrogens (primary N) is 1. The summed E-state index contributed by atoms with van der Waals surface area (Å²) in [5, 5.41) is 3.41. The van der Waals surface area contributed by atoms with Gasteiger partial charge in [0.15, 0.2) is 0 Å². The molecule has 0 atom stereocenters. The summed E-state index contributed by atoms with van der Waals surface area (Å²) in [6.07, 6.45) is 4.35. The van der Waals surface area contributed by atoms with Gasteiger partial charge in [0.2, 0.25) is 0 Å². The van der Waals surface area contributed by atoms with Gasteiger partial charge < -0.3 is 5.73 Å². The molecule has 1 aromatic rings. The van der Waals surface area contributed by atoms with E-state index in [2.05, 4.69) is 53.8 Å². The molecule has 1 aliphatic carbocycles. The van der Waals surface area contributed by atoms with Crippen LogP contribution in [-0.4, -0.2) is 10.5 Å². The van der Waals surface area contributed by atoms with Gasteiger partial charge >= 0.3 is 0 Å². The predicted molar refractivity (Wildman–Crippen MR) is 92.8 cm³/mol. The molecule has 1 fully saturated rings. The van der Waals surface area contributed by atoms with Gasteiger partial charge in [-0.2, -0.15) is 0 Å². The predicted octanol–water partition coefficient (Wildman–Crippen LogP) is 4.92. The molecule has 0 aromatic carbocycles. The zero-order chi connectivity index (χ0) is 16.1. The lowest BCUT2D eigenvalue weighted by molar-refractivity contribution is 0.0487. The zero-order valence-corrected chi connectivity index (χ0v) is 15.7. The SMILES string of the molecule is CC1(C)CC(C)(C)CC(N)(Cc2nc(C(C)(C)C)cs2)C1. The van der Waals surface area contributed by atoms with E-state index < -0.39 is 0 Å². The smallest absolute Gasteiger partial charge is 0.0946 e. The molecule has 0 bridgehead atoms. The van der Waals surface area contributed by atoms with E-state index >= 15 is 0 Å². The van der Waals surface area contributed by atoms with Crippen molar-refractivity contribution in [2.75, 3.05) is 0 Å². The first-order valence-corrected chi connectivity index (χ1v) is 8.92. The van der Waals surface area contributed by atoms with Crippen molar-refractivity contribution in [2.45, 2.75) is 85.1 Å². The molecule has 120 valence electrons. The number of thiazole rings is 1. The first-order valence-electron chi connectivity index (χ1n) is 8.04. The highest BCUT2D eigenvalue weighted by molar-refractivity contribution is 7.09. The Hall–Kier alpha value is -0.410. The normalized spacial score (nSPS) is 24.0. The molecule has 0 amide bonds. The highest BCUT2D eigenvalue weighted by Gasteiger charge is 2.45. The Balaban J connectivity index is 2.19. The minimum atomic E-state index is -0.113. The Morgan fingerprint density at radius 2 is 1.62 bits per heavy atom. The van der Waals surface area contributed by atoms with Gasteiger partial charge in [0.1, 0.15) is 0 Å². The van der Waals surface area contributed by atoms with Gasteiger partial charge in [-0.05, 0) is 30.1 Å². The van der Waals surface area contributed by atoms with Crippen LogP contribution in [0.4, 0.5) is 0 Å². The van der Waals surface area contributed by atoms with E-state index in [1.54, 1.807) is 11.3 Å². The zero-order valence-electron chi connectivity index (χ0n) is 14.8. The number of aromatic nitrogens is 1. The summed E-state index contributed by atoms with van der Waals surface area (Å²) in [4.78, 5) is 4.85. The van der Waals surface area contributed by atoms with Crippen LogP contribution in [-0.2, 0) is 11.8 Å². The van der Waals surface area contributed by atoms with Crippen molar-refractivity contribution in [1.29, 1.82) is 0 Å². The van der Waals surface area contributed by atoms with Crippen LogP contribution in [0.1, 0.15) is 78.4 Å². The fourth-order valence-electron chi connectivity index (χ4n) is 4.55.